The summed E-state index contributed by atoms with van der Waals surface area (Å²) in [5.74, 6) is 0.714. The molecule has 0 bridgehead atoms. The molecule has 3 rings (SSSR count). The molecule has 1 aliphatic heterocycles. The minimum atomic E-state index is -0.435. The standard InChI is InChI=1S/C16H21N5O2/c1-11-19-8-13-7-18-9-14(21(11)13)12-3-2-6-20(10-12)16(23)5-4-15(17)22/h7-9,12H,2-6,10H2,1H3,(H2,17,22)/t12-/m1/s1. The predicted octanol–water partition coefficient (Wildman–Crippen LogP) is 1.01. The van der Waals surface area contributed by atoms with Crippen LogP contribution < -0.4 is 5.73 Å². The minimum Gasteiger partial charge on any atom is -0.370 e. The van der Waals surface area contributed by atoms with Crippen LogP contribution in [0.5, 0.6) is 0 Å². The molecule has 23 heavy (non-hydrogen) atoms. The largest absolute Gasteiger partial charge is 0.370 e. The van der Waals surface area contributed by atoms with E-state index in [4.69, 9.17) is 5.73 Å². The van der Waals surface area contributed by atoms with E-state index in [1.54, 1.807) is 6.20 Å². The number of nitrogens with two attached hydrogens (primary N) is 1. The average molecular weight is 315 g/mol. The first-order valence-corrected chi connectivity index (χ1v) is 7.90. The highest BCUT2D eigenvalue weighted by molar-refractivity contribution is 5.83. The van der Waals surface area contributed by atoms with Crippen LogP contribution in [0.25, 0.3) is 5.52 Å². The molecule has 7 heteroatoms. The van der Waals surface area contributed by atoms with Gasteiger partial charge in [-0.1, -0.05) is 0 Å². The zero-order chi connectivity index (χ0) is 16.4. The molecule has 1 fully saturated rings. The lowest BCUT2D eigenvalue weighted by Gasteiger charge is -2.33. The number of hydrogen-bond donors (Lipinski definition) is 1. The van der Waals surface area contributed by atoms with Crippen LogP contribution in [0.15, 0.2) is 18.6 Å². The van der Waals surface area contributed by atoms with E-state index in [-0.39, 0.29) is 24.7 Å². The molecule has 0 aliphatic carbocycles. The summed E-state index contributed by atoms with van der Waals surface area (Å²) in [5.41, 5.74) is 7.18. The van der Waals surface area contributed by atoms with Gasteiger partial charge in [-0.3, -0.25) is 19.0 Å². The third kappa shape index (κ3) is 3.18. The Kier molecular flexibility index (Phi) is 4.27. The molecule has 1 aliphatic rings. The molecule has 7 nitrogen and oxygen atoms in total. The van der Waals surface area contributed by atoms with Crippen molar-refractivity contribution in [3.05, 3.63) is 30.1 Å². The first kappa shape index (κ1) is 15.5. The fourth-order valence-electron chi connectivity index (χ4n) is 3.26. The van der Waals surface area contributed by atoms with Crippen LogP contribution in [-0.4, -0.2) is 44.2 Å². The predicted molar refractivity (Wildman–Crippen MR) is 84.7 cm³/mol. The molecule has 0 saturated carbocycles. The first-order chi connectivity index (χ1) is 11.1. The topological polar surface area (TPSA) is 93.6 Å². The number of rotatable bonds is 4. The summed E-state index contributed by atoms with van der Waals surface area (Å²) in [5, 5.41) is 0. The molecule has 2 N–H and O–H groups in total. The van der Waals surface area contributed by atoms with Gasteiger partial charge >= 0.3 is 0 Å². The van der Waals surface area contributed by atoms with E-state index in [9.17, 15) is 9.59 Å². The molecule has 0 unspecified atom stereocenters. The van der Waals surface area contributed by atoms with Crippen LogP contribution in [0.1, 0.15) is 43.1 Å². The van der Waals surface area contributed by atoms with Gasteiger partial charge in [0.15, 0.2) is 0 Å². The summed E-state index contributed by atoms with van der Waals surface area (Å²) in [7, 11) is 0. The third-order valence-electron chi connectivity index (χ3n) is 4.41. The summed E-state index contributed by atoms with van der Waals surface area (Å²) in [6, 6.07) is 0. The fourth-order valence-corrected chi connectivity index (χ4v) is 3.26. The highest BCUT2D eigenvalue weighted by Crippen LogP contribution is 2.28. The Morgan fingerprint density at radius 1 is 1.30 bits per heavy atom. The molecule has 2 aromatic rings. The van der Waals surface area contributed by atoms with Gasteiger partial charge in [0, 0.05) is 43.7 Å². The van der Waals surface area contributed by atoms with Gasteiger partial charge in [-0.25, -0.2) is 4.98 Å². The number of hydrogen-bond acceptors (Lipinski definition) is 4. The van der Waals surface area contributed by atoms with E-state index in [1.165, 1.54) is 0 Å². The van der Waals surface area contributed by atoms with Crippen molar-refractivity contribution in [1.29, 1.82) is 0 Å². The van der Waals surface area contributed by atoms with Crippen LogP contribution >= 0.6 is 0 Å². The van der Waals surface area contributed by atoms with E-state index in [0.29, 0.717) is 6.54 Å². The normalized spacial score (nSPS) is 18.3. The number of carbonyl (C=O) groups excluding carboxylic acids is 2. The number of fused-ring (bicyclic) bond motifs is 1. The van der Waals surface area contributed by atoms with Gasteiger partial charge in [-0.15, -0.1) is 0 Å². The van der Waals surface area contributed by atoms with Gasteiger partial charge < -0.3 is 10.6 Å². The summed E-state index contributed by atoms with van der Waals surface area (Å²) >= 11 is 0. The van der Waals surface area contributed by atoms with Gasteiger partial charge in [0.1, 0.15) is 5.82 Å². The fraction of sp³-hybridized carbons (Fsp3) is 0.500. The SMILES string of the molecule is Cc1ncc2cncc([C@@H]3CCCN(C(=O)CCC(N)=O)C3)n12. The molecule has 0 spiro atoms. The van der Waals surface area contributed by atoms with Crippen molar-refractivity contribution >= 4 is 17.3 Å². The van der Waals surface area contributed by atoms with Crippen LogP contribution in [0.2, 0.25) is 0 Å². The maximum atomic E-state index is 12.2. The molecule has 2 amide bonds. The Morgan fingerprint density at radius 3 is 2.91 bits per heavy atom. The molecular formula is C16H21N5O2. The van der Waals surface area contributed by atoms with Crippen LogP contribution in [0.3, 0.4) is 0 Å². The third-order valence-corrected chi connectivity index (χ3v) is 4.41. The van der Waals surface area contributed by atoms with E-state index < -0.39 is 5.91 Å². The van der Waals surface area contributed by atoms with Crippen molar-refractivity contribution in [2.24, 2.45) is 5.73 Å². The maximum Gasteiger partial charge on any atom is 0.223 e. The van der Waals surface area contributed by atoms with Crippen molar-refractivity contribution in [2.75, 3.05) is 13.1 Å². The Balaban J connectivity index is 1.79. The van der Waals surface area contributed by atoms with Gasteiger partial charge in [0.05, 0.1) is 17.9 Å². The number of amides is 2. The van der Waals surface area contributed by atoms with E-state index in [1.807, 2.05) is 24.2 Å². The lowest BCUT2D eigenvalue weighted by Crippen LogP contribution is -2.39. The lowest BCUT2D eigenvalue weighted by atomic mass is 9.94. The summed E-state index contributed by atoms with van der Waals surface area (Å²) < 4.78 is 2.11. The maximum absolute atomic E-state index is 12.2. The second kappa shape index (κ2) is 6.36. The zero-order valence-corrected chi connectivity index (χ0v) is 13.2. The molecule has 3 heterocycles. The van der Waals surface area contributed by atoms with Crippen LogP contribution in [0.4, 0.5) is 0 Å². The number of carbonyl (C=O) groups is 2. The van der Waals surface area contributed by atoms with Crippen LogP contribution in [-0.2, 0) is 9.59 Å². The number of aromatic nitrogens is 3. The molecule has 0 radical (unpaired) electrons. The number of piperidine rings is 1. The van der Waals surface area contributed by atoms with Gasteiger partial charge in [0.2, 0.25) is 11.8 Å². The number of likely N-dealkylation sites (tertiary alicyclic amines) is 1. The number of imidazole rings is 1. The van der Waals surface area contributed by atoms with E-state index in [2.05, 4.69) is 14.4 Å². The van der Waals surface area contributed by atoms with Crippen molar-refractivity contribution in [3.63, 3.8) is 0 Å². The summed E-state index contributed by atoms with van der Waals surface area (Å²) in [6.07, 6.45) is 7.72. The first-order valence-electron chi connectivity index (χ1n) is 7.90. The number of nitrogens with zero attached hydrogens (tertiary/aromatic N) is 4. The Morgan fingerprint density at radius 2 is 2.13 bits per heavy atom. The van der Waals surface area contributed by atoms with Crippen LogP contribution in [0, 0.1) is 6.92 Å². The molecular weight excluding hydrogens is 294 g/mol. The number of primary amides is 1. The Bertz CT molecular complexity index is 739. The highest BCUT2D eigenvalue weighted by atomic mass is 16.2. The molecule has 0 aromatic carbocycles. The van der Waals surface area contributed by atoms with Crippen molar-refractivity contribution in [3.8, 4) is 0 Å². The second-order valence-electron chi connectivity index (χ2n) is 6.04. The molecule has 2 aromatic heterocycles. The van der Waals surface area contributed by atoms with E-state index in [0.717, 1.165) is 36.4 Å². The summed E-state index contributed by atoms with van der Waals surface area (Å²) in [4.78, 5) is 33.6. The van der Waals surface area contributed by atoms with Crippen molar-refractivity contribution in [2.45, 2.75) is 38.5 Å². The Hall–Kier alpha value is -2.44. The van der Waals surface area contributed by atoms with Gasteiger partial charge in [-0.2, -0.15) is 0 Å². The highest BCUT2D eigenvalue weighted by Gasteiger charge is 2.26. The quantitative estimate of drug-likeness (QED) is 0.911. The zero-order valence-electron chi connectivity index (χ0n) is 13.2. The molecule has 122 valence electrons. The smallest absolute Gasteiger partial charge is 0.223 e. The van der Waals surface area contributed by atoms with Gasteiger partial charge in [-0.05, 0) is 19.8 Å². The lowest BCUT2D eigenvalue weighted by molar-refractivity contribution is -0.134. The average Bonchev–Trinajstić information content (AvgIpc) is 2.94. The van der Waals surface area contributed by atoms with E-state index >= 15 is 0 Å². The number of aryl methyl sites for hydroxylation is 1. The van der Waals surface area contributed by atoms with Crippen molar-refractivity contribution < 1.29 is 9.59 Å². The second-order valence-corrected chi connectivity index (χ2v) is 6.04. The molecule has 1 saturated heterocycles. The van der Waals surface area contributed by atoms with Gasteiger partial charge in [0.25, 0.3) is 0 Å². The van der Waals surface area contributed by atoms with Crippen molar-refractivity contribution in [1.82, 2.24) is 19.3 Å². The molecule has 1 atom stereocenters. The Labute approximate surface area is 134 Å². The minimum absolute atomic E-state index is 0.00372. The monoisotopic (exact) mass is 315 g/mol. The summed E-state index contributed by atoms with van der Waals surface area (Å²) in [6.45, 7) is 3.35.